The molecule has 1 aromatic rings. The van der Waals surface area contributed by atoms with Gasteiger partial charge in [-0.25, -0.2) is 4.79 Å². The number of carboxylic acids is 1. The molecule has 1 rings (SSSR count). The summed E-state index contributed by atoms with van der Waals surface area (Å²) >= 11 is 0. The first-order valence-corrected chi connectivity index (χ1v) is 5.97. The number of hydrogen-bond donors (Lipinski definition) is 3. The first-order valence-electron chi connectivity index (χ1n) is 5.97. The molecular weight excluding hydrogens is 248 g/mol. The maximum absolute atomic E-state index is 11.7. The minimum Gasteiger partial charge on any atom is -0.479 e. The van der Waals surface area contributed by atoms with E-state index in [1.54, 1.807) is 0 Å². The Labute approximate surface area is 111 Å². The zero-order chi connectivity index (χ0) is 14.3. The number of esters is 1. The second-order valence-electron chi connectivity index (χ2n) is 4.14. The number of hydrogen-bond acceptors (Lipinski definition) is 5. The number of benzene rings is 1. The van der Waals surface area contributed by atoms with Crippen LogP contribution in [0, 0.1) is 0 Å². The first kappa shape index (κ1) is 15.1. The lowest BCUT2D eigenvalue weighted by Gasteiger charge is -2.16. The molecule has 0 radical (unpaired) electrons. The van der Waals surface area contributed by atoms with Crippen LogP contribution in [0.15, 0.2) is 30.3 Å². The van der Waals surface area contributed by atoms with Crippen LogP contribution in [0.5, 0.6) is 0 Å². The molecule has 0 aromatic heterocycles. The third-order valence-electron chi connectivity index (χ3n) is 2.56. The zero-order valence-electron chi connectivity index (χ0n) is 10.5. The molecule has 0 aliphatic carbocycles. The summed E-state index contributed by atoms with van der Waals surface area (Å²) < 4.78 is 4.84. The summed E-state index contributed by atoms with van der Waals surface area (Å²) in [7, 11) is 0. The molecule has 19 heavy (non-hydrogen) atoms. The van der Waals surface area contributed by atoms with E-state index in [0.717, 1.165) is 5.56 Å². The van der Waals surface area contributed by atoms with E-state index in [-0.39, 0.29) is 13.0 Å². The van der Waals surface area contributed by atoms with Gasteiger partial charge in [0, 0.05) is 6.42 Å². The van der Waals surface area contributed by atoms with Crippen molar-refractivity contribution in [1.82, 2.24) is 0 Å². The fourth-order valence-corrected chi connectivity index (χ4v) is 1.56. The number of carbonyl (C=O) groups is 2. The normalized spacial score (nSPS) is 13.6. The van der Waals surface area contributed by atoms with Gasteiger partial charge in [0.2, 0.25) is 0 Å². The molecule has 6 heteroatoms. The van der Waals surface area contributed by atoms with E-state index >= 15 is 0 Å². The summed E-state index contributed by atoms with van der Waals surface area (Å²) in [5, 5.41) is 8.85. The van der Waals surface area contributed by atoms with Crippen molar-refractivity contribution in [3.05, 3.63) is 35.9 Å². The Balaban J connectivity index is 2.54. The van der Waals surface area contributed by atoms with Gasteiger partial charge in [0.05, 0.1) is 0 Å². The highest BCUT2D eigenvalue weighted by atomic mass is 16.6. The Morgan fingerprint density at radius 3 is 2.42 bits per heavy atom. The van der Waals surface area contributed by atoms with Gasteiger partial charge in [0.1, 0.15) is 6.04 Å². The summed E-state index contributed by atoms with van der Waals surface area (Å²) in [6.45, 7) is 0.123. The fraction of sp³-hybridized carbons (Fsp3) is 0.385. The SMILES string of the molecule is NCCC(OC(=O)C(N)Cc1ccccc1)C(=O)O. The molecule has 2 atom stereocenters. The largest absolute Gasteiger partial charge is 0.479 e. The Hall–Kier alpha value is -1.92. The topological polar surface area (TPSA) is 116 Å². The number of carboxylic acid groups (broad SMARTS) is 1. The second-order valence-corrected chi connectivity index (χ2v) is 4.14. The van der Waals surface area contributed by atoms with E-state index in [2.05, 4.69) is 0 Å². The lowest BCUT2D eigenvalue weighted by atomic mass is 10.1. The van der Waals surface area contributed by atoms with E-state index in [1.807, 2.05) is 30.3 Å². The van der Waals surface area contributed by atoms with Crippen molar-refractivity contribution in [3.8, 4) is 0 Å². The Morgan fingerprint density at radius 2 is 1.89 bits per heavy atom. The van der Waals surface area contributed by atoms with Gasteiger partial charge in [0.25, 0.3) is 0 Å². The smallest absolute Gasteiger partial charge is 0.345 e. The Bertz CT molecular complexity index is 422. The van der Waals surface area contributed by atoms with Crippen molar-refractivity contribution < 1.29 is 19.4 Å². The standard InChI is InChI=1S/C13H18N2O4/c14-7-6-11(12(16)17)19-13(18)10(15)8-9-4-2-1-3-5-9/h1-5,10-11H,6-8,14-15H2,(H,16,17). The van der Waals surface area contributed by atoms with E-state index in [4.69, 9.17) is 21.3 Å². The zero-order valence-corrected chi connectivity index (χ0v) is 10.5. The average molecular weight is 266 g/mol. The Kier molecular flexibility index (Phi) is 5.98. The fourth-order valence-electron chi connectivity index (χ4n) is 1.56. The summed E-state index contributed by atoms with van der Waals surface area (Å²) in [6, 6.07) is 8.31. The summed E-state index contributed by atoms with van der Waals surface area (Å²) in [5.74, 6) is -1.95. The van der Waals surface area contributed by atoms with Gasteiger partial charge < -0.3 is 21.3 Å². The van der Waals surface area contributed by atoms with Gasteiger partial charge in [-0.3, -0.25) is 4.79 Å². The molecule has 0 spiro atoms. The minimum absolute atomic E-state index is 0.0686. The first-order chi connectivity index (χ1) is 9.04. The average Bonchev–Trinajstić information content (AvgIpc) is 2.39. The van der Waals surface area contributed by atoms with Crippen LogP contribution in [0.2, 0.25) is 0 Å². The number of aliphatic carboxylic acids is 1. The van der Waals surface area contributed by atoms with E-state index < -0.39 is 24.1 Å². The van der Waals surface area contributed by atoms with Crippen LogP contribution < -0.4 is 11.5 Å². The van der Waals surface area contributed by atoms with Crippen LogP contribution in [-0.2, 0) is 20.7 Å². The van der Waals surface area contributed by atoms with Gasteiger partial charge in [-0.05, 0) is 18.5 Å². The maximum Gasteiger partial charge on any atom is 0.345 e. The van der Waals surface area contributed by atoms with Crippen molar-refractivity contribution in [3.63, 3.8) is 0 Å². The highest BCUT2D eigenvalue weighted by Gasteiger charge is 2.24. The van der Waals surface area contributed by atoms with E-state index in [9.17, 15) is 9.59 Å². The molecule has 0 saturated heterocycles. The molecule has 0 fully saturated rings. The van der Waals surface area contributed by atoms with Crippen molar-refractivity contribution in [2.24, 2.45) is 11.5 Å². The van der Waals surface area contributed by atoms with Crippen LogP contribution in [0.25, 0.3) is 0 Å². The lowest BCUT2D eigenvalue weighted by Crippen LogP contribution is -2.39. The predicted molar refractivity (Wildman–Crippen MR) is 69.3 cm³/mol. The quantitative estimate of drug-likeness (QED) is 0.594. The van der Waals surface area contributed by atoms with Gasteiger partial charge in [-0.15, -0.1) is 0 Å². The Morgan fingerprint density at radius 1 is 1.26 bits per heavy atom. The molecule has 0 aliphatic heterocycles. The molecule has 0 aliphatic rings. The van der Waals surface area contributed by atoms with Crippen molar-refractivity contribution in [1.29, 1.82) is 0 Å². The maximum atomic E-state index is 11.7. The molecule has 0 bridgehead atoms. The molecule has 5 N–H and O–H groups in total. The summed E-state index contributed by atoms with van der Waals surface area (Å²) in [4.78, 5) is 22.5. The lowest BCUT2D eigenvalue weighted by molar-refractivity contribution is -0.165. The van der Waals surface area contributed by atoms with Crippen LogP contribution in [0.4, 0.5) is 0 Å². The molecule has 2 unspecified atom stereocenters. The number of carbonyl (C=O) groups excluding carboxylic acids is 1. The molecular formula is C13H18N2O4. The minimum atomic E-state index is -1.24. The highest BCUT2D eigenvalue weighted by molar-refractivity contribution is 5.81. The predicted octanol–water partition coefficient (Wildman–Crippen LogP) is -0.0984. The van der Waals surface area contributed by atoms with E-state index in [1.165, 1.54) is 0 Å². The molecule has 1 aromatic carbocycles. The van der Waals surface area contributed by atoms with Crippen LogP contribution in [-0.4, -0.2) is 35.7 Å². The number of ether oxygens (including phenoxy) is 1. The summed E-state index contributed by atoms with van der Waals surface area (Å²) in [5.41, 5.74) is 11.8. The molecule has 0 saturated carbocycles. The molecule has 104 valence electrons. The third-order valence-corrected chi connectivity index (χ3v) is 2.56. The van der Waals surface area contributed by atoms with Crippen molar-refractivity contribution in [2.45, 2.75) is 25.0 Å². The summed E-state index contributed by atoms with van der Waals surface area (Å²) in [6.07, 6.45) is -0.868. The van der Waals surface area contributed by atoms with Gasteiger partial charge in [-0.2, -0.15) is 0 Å². The van der Waals surface area contributed by atoms with E-state index in [0.29, 0.717) is 6.42 Å². The molecule has 6 nitrogen and oxygen atoms in total. The van der Waals surface area contributed by atoms with Crippen molar-refractivity contribution in [2.75, 3.05) is 6.54 Å². The van der Waals surface area contributed by atoms with Crippen LogP contribution in [0.3, 0.4) is 0 Å². The highest BCUT2D eigenvalue weighted by Crippen LogP contribution is 2.05. The monoisotopic (exact) mass is 266 g/mol. The van der Waals surface area contributed by atoms with Crippen LogP contribution >= 0.6 is 0 Å². The molecule has 0 heterocycles. The van der Waals surface area contributed by atoms with Crippen molar-refractivity contribution >= 4 is 11.9 Å². The molecule has 0 amide bonds. The second kappa shape index (κ2) is 7.50. The van der Waals surface area contributed by atoms with Gasteiger partial charge >= 0.3 is 11.9 Å². The van der Waals surface area contributed by atoms with Gasteiger partial charge in [-0.1, -0.05) is 30.3 Å². The number of nitrogens with two attached hydrogens (primary N) is 2. The third kappa shape index (κ3) is 5.07. The number of rotatable bonds is 7. The van der Waals surface area contributed by atoms with Gasteiger partial charge in [0.15, 0.2) is 6.10 Å². The van der Waals surface area contributed by atoms with Crippen LogP contribution in [0.1, 0.15) is 12.0 Å².